The first kappa shape index (κ1) is 114. The fourth-order valence-electron chi connectivity index (χ4n) is 22.3. The van der Waals surface area contributed by atoms with Gasteiger partial charge in [0.05, 0.1) is 114 Å². The van der Waals surface area contributed by atoms with Crippen LogP contribution in [0, 0.1) is 40.4 Å². The van der Waals surface area contributed by atoms with Crippen molar-refractivity contribution in [1.29, 1.82) is 0 Å². The van der Waals surface area contributed by atoms with E-state index in [9.17, 15) is 88.8 Å². The zero-order valence-corrected chi connectivity index (χ0v) is 84.6. The summed E-state index contributed by atoms with van der Waals surface area (Å²) in [5.74, 6) is 0.0185. The number of unbranched alkanes of at least 4 members (excludes halogenated alkanes) is 1. The summed E-state index contributed by atoms with van der Waals surface area (Å²) in [6.07, 6.45) is -3.75. The Morgan fingerprint density at radius 2 is 1.14 bits per heavy atom. The summed E-state index contributed by atoms with van der Waals surface area (Å²) in [5, 5.41) is 113. The molecule has 12 rings (SSSR count). The summed E-state index contributed by atoms with van der Waals surface area (Å²) in [6, 6.07) is 19.5. The average molecular weight is 2040 g/mol. The molecule has 40 heteroatoms. The van der Waals surface area contributed by atoms with E-state index in [0.29, 0.717) is 87.8 Å². The number of aliphatic hydroxyl groups is 7. The van der Waals surface area contributed by atoms with Crippen molar-refractivity contribution in [1.82, 2.24) is 47.9 Å². The Kier molecular flexibility index (Phi) is 42.0. The molecular weight excluding hydrogens is 1890 g/mol. The molecule has 3 aliphatic heterocycles. The molecule has 0 spiro atoms. The zero-order valence-electron chi connectivity index (χ0n) is 84.6. The smallest absolute Gasteiger partial charge is 0.312 e. The van der Waals surface area contributed by atoms with E-state index in [1.54, 1.807) is 30.9 Å². The number of carbonyl (C=O) groups is 11. The minimum Gasteiger partial charge on any atom is -0.508 e. The van der Waals surface area contributed by atoms with Gasteiger partial charge in [-0.05, 0) is 202 Å². The number of anilines is 2. The van der Waals surface area contributed by atoms with Crippen molar-refractivity contribution < 1.29 is 131 Å². The molecule has 40 nitrogen and oxygen atoms in total. The van der Waals surface area contributed by atoms with E-state index in [1.807, 2.05) is 86.6 Å². The maximum absolute atomic E-state index is 15.0. The molecule has 5 aliphatic carbocycles. The van der Waals surface area contributed by atoms with Crippen LogP contribution in [-0.2, 0) is 116 Å². The van der Waals surface area contributed by atoms with Gasteiger partial charge < -0.3 is 143 Å². The Labute approximate surface area is 852 Å². The van der Waals surface area contributed by atoms with Crippen LogP contribution in [0.3, 0.4) is 0 Å². The van der Waals surface area contributed by atoms with Gasteiger partial charge in [-0.15, -0.1) is 0 Å². The monoisotopic (exact) mass is 2040 g/mol. The van der Waals surface area contributed by atoms with E-state index in [4.69, 9.17) is 49.4 Å². The molecule has 4 fully saturated rings. The lowest BCUT2D eigenvalue weighted by Gasteiger charge is -2.56. The van der Waals surface area contributed by atoms with Crippen LogP contribution in [0.1, 0.15) is 222 Å². The standard InChI is InChI=1S/C106H151N13O27/c1-63(2)90(98(135)114-75(24-16-45-111-102(108)138)95(132)115-76(59-120)97(134)112-69-33-29-65-31-35-82-103(3,71(65)55-69)40-17-42-105(82,5)100(136)118-101(137)106(6)43-18-41-104(4)72-56-70(123)34-30-66(72)32-36-83(104)106)117-96(133)74(23-14-15-44-109-86(127)62-143-79-26-9-7-8-22-73(89(79)107)116-99-93(131)92(130)94(81(61-122)145-99)146-88-57-78(124)91(129)80(60-121)144-88)113-85(126)39-47-139-49-51-141-53-54-142-52-50-140-48-46-110-84(125)37-38-87(128)119-58-68-21-11-10-19-64(68)27-28-67-20-12-13-25-77(67)119/h10-13,19-21,25,29-30,33-34,55-56,63,74-76,78-83,88,90-94,99,116,120-124,129-131H,7-9,14-18,22-24,26,31-32,35-54,57-62,107H2,1-6H3,(H,109,127)(H,110,125)(H,112,134)(H,113,126)(H,114,135)(H,115,132)(H,117,133)(H3,108,111,138)(H,118,136,137)/b89-73-/t74-,75+,76+,78-,79?,80-,81-,82-,83-,88?,90+,91+,92-,93-,94-,99+,103-,104-,105+,106+/m1/s1. The predicted octanol–water partition coefficient (Wildman–Crippen LogP) is 3.08. The highest BCUT2D eigenvalue weighted by atomic mass is 16.7. The molecule has 0 bridgehead atoms. The number of hydrogen-bond acceptors (Lipinski definition) is 29. The number of amides is 12. The lowest BCUT2D eigenvalue weighted by atomic mass is 9.49. The Hall–Kier alpha value is -10.9. The molecule has 2 unspecified atom stereocenters. The number of imide groups is 1. The molecule has 4 aromatic rings. The number of allylic oxidation sites excluding steroid dienone is 1. The lowest BCUT2D eigenvalue weighted by Crippen LogP contribution is -2.64. The summed E-state index contributed by atoms with van der Waals surface area (Å²) in [7, 11) is 0. The van der Waals surface area contributed by atoms with Crippen LogP contribution in [0.5, 0.6) is 5.75 Å². The van der Waals surface area contributed by atoms with E-state index >= 15 is 4.79 Å². The van der Waals surface area contributed by atoms with Crippen molar-refractivity contribution in [2.75, 3.05) is 109 Å². The number of rotatable bonds is 49. The molecule has 2 saturated carbocycles. The number of aromatic hydroxyl groups is 1. The summed E-state index contributed by atoms with van der Waals surface area (Å²) in [4.78, 5) is 156. The summed E-state index contributed by atoms with van der Waals surface area (Å²) in [6.45, 7) is 10.7. The molecule has 22 N–H and O–H groups in total. The number of phenolic OH excluding ortho intramolecular Hbond substituents is 1. The van der Waals surface area contributed by atoms with E-state index in [0.717, 1.165) is 65.5 Å². The Bertz CT molecular complexity index is 5250. The number of nitrogens with one attached hydrogen (secondary N) is 10. The van der Waals surface area contributed by atoms with Gasteiger partial charge in [0.25, 0.3) is 0 Å². The SMILES string of the molecule is CC(C)[C@H](NC(=O)[C@@H](CCCCNC(=O)COC1CCCCC/C(N[C@H]2O[C@H](CO)[C@@H](OC3C[C@@H](O)[C@H](O)[C@@H](CO)O3)[C@H](O)[C@H]2O)=C\1N)NC(=O)CCOCCOCCOCCOCCNC(=O)CCC(=O)N1Cc2ccccc2C#Cc2ccccc21)C(=O)N[C@@H](CCCNC(N)=O)C(=O)N[C@@H](CO)C(=O)Nc1ccc2c(c1)[C@@]1(C)CCC[C@](C)(C(=O)NC(=O)[C@@]3(C)CCC[C@]4(C)c5cc(O)ccc5CC[C@@H]34)[C@@H]1CC2. The number of nitrogens with two attached hydrogens (primary N) is 2. The number of urea groups is 1. The van der Waals surface area contributed by atoms with Crippen molar-refractivity contribution in [3.63, 3.8) is 0 Å². The molecule has 12 amide bonds. The second-order valence-electron chi connectivity index (χ2n) is 40.9. The van der Waals surface area contributed by atoms with Crippen molar-refractivity contribution in [3.8, 4) is 17.6 Å². The molecule has 0 radical (unpaired) electrons. The van der Waals surface area contributed by atoms with Crippen molar-refractivity contribution >= 4 is 76.5 Å². The van der Waals surface area contributed by atoms with Gasteiger partial charge in [-0.1, -0.05) is 122 Å². The summed E-state index contributed by atoms with van der Waals surface area (Å²) >= 11 is 0. The molecule has 146 heavy (non-hydrogen) atoms. The van der Waals surface area contributed by atoms with Crippen molar-refractivity contribution in [2.45, 2.75) is 299 Å². The number of benzene rings is 4. The molecule has 20 atom stereocenters. The molecule has 2 saturated heterocycles. The van der Waals surface area contributed by atoms with Gasteiger partial charge in [0.1, 0.15) is 73.1 Å². The van der Waals surface area contributed by atoms with Crippen LogP contribution in [0.25, 0.3) is 0 Å². The van der Waals surface area contributed by atoms with Crippen LogP contribution in [0.2, 0.25) is 0 Å². The van der Waals surface area contributed by atoms with Crippen LogP contribution in [-0.4, -0.2) is 290 Å². The Balaban J connectivity index is 0.624. The number of hydrogen-bond donors (Lipinski definition) is 20. The van der Waals surface area contributed by atoms with Gasteiger partial charge in [-0.2, -0.15) is 0 Å². The second kappa shape index (κ2) is 53.9. The Morgan fingerprint density at radius 1 is 0.541 bits per heavy atom. The van der Waals surface area contributed by atoms with Crippen molar-refractivity contribution in [2.24, 2.45) is 40.1 Å². The lowest BCUT2D eigenvalue weighted by molar-refractivity contribution is -0.317. The van der Waals surface area contributed by atoms with Crippen LogP contribution < -0.4 is 69.5 Å². The largest absolute Gasteiger partial charge is 0.508 e. The van der Waals surface area contributed by atoms with Crippen LogP contribution >= 0.6 is 0 Å². The number of aliphatic hydroxyl groups excluding tert-OH is 7. The number of carbonyl (C=O) groups excluding carboxylic acids is 11. The Morgan fingerprint density at radius 3 is 1.80 bits per heavy atom. The normalized spacial score (nSPS) is 27.0. The molecule has 8 aliphatic rings. The number of phenols is 1. The van der Waals surface area contributed by atoms with Gasteiger partial charge in [0.2, 0.25) is 59.1 Å². The highest BCUT2D eigenvalue weighted by Crippen LogP contribution is 2.60. The first-order valence-corrected chi connectivity index (χ1v) is 51.6. The number of fused-ring (bicyclic) bond motifs is 8. The molecule has 4 aromatic carbocycles. The van der Waals surface area contributed by atoms with Gasteiger partial charge in [0, 0.05) is 67.8 Å². The fourth-order valence-corrected chi connectivity index (χ4v) is 22.3. The number of para-hydroxylation sites is 1. The molecule has 3 heterocycles. The first-order chi connectivity index (χ1) is 70.0. The second-order valence-corrected chi connectivity index (χ2v) is 40.9. The minimum atomic E-state index is -1.69. The van der Waals surface area contributed by atoms with Gasteiger partial charge in [0.15, 0.2) is 12.5 Å². The van der Waals surface area contributed by atoms with E-state index in [-0.39, 0.29) is 183 Å². The number of primary amides is 1. The first-order valence-electron chi connectivity index (χ1n) is 51.6. The maximum Gasteiger partial charge on any atom is 0.312 e. The van der Waals surface area contributed by atoms with Gasteiger partial charge in [-0.3, -0.25) is 53.3 Å². The summed E-state index contributed by atoms with van der Waals surface area (Å²) in [5.41, 5.74) is 17.6. The number of nitrogens with zero attached hydrogens (tertiary/aromatic N) is 1. The minimum absolute atomic E-state index is 0.00441. The van der Waals surface area contributed by atoms with Gasteiger partial charge >= 0.3 is 6.03 Å². The van der Waals surface area contributed by atoms with E-state index < -0.39 is 176 Å². The fraction of sp³-hybridized carbons (Fsp3) is 0.632. The highest BCUT2D eigenvalue weighted by molar-refractivity contribution is 6.02. The van der Waals surface area contributed by atoms with Crippen LogP contribution in [0.4, 0.5) is 16.2 Å². The number of aryl methyl sites for hydroxylation is 2. The summed E-state index contributed by atoms with van der Waals surface area (Å²) < 4.78 is 46.3. The van der Waals surface area contributed by atoms with Crippen LogP contribution in [0.15, 0.2) is 96.3 Å². The van der Waals surface area contributed by atoms with Gasteiger partial charge in [-0.25, -0.2) is 4.79 Å². The predicted molar refractivity (Wildman–Crippen MR) is 534 cm³/mol. The average Bonchev–Trinajstić information content (AvgIpc) is 0.717. The van der Waals surface area contributed by atoms with E-state index in [1.165, 1.54) is 5.56 Å². The quantitative estimate of drug-likeness (QED) is 0.0172. The van der Waals surface area contributed by atoms with Crippen molar-refractivity contribution in [3.05, 3.63) is 135 Å². The molecule has 0 aromatic heterocycles. The third-order valence-electron chi connectivity index (χ3n) is 30.4. The van der Waals surface area contributed by atoms with E-state index in [2.05, 4.69) is 78.9 Å². The third kappa shape index (κ3) is 29.4. The molecule has 802 valence electrons. The molecular formula is C106H151N13O27. The maximum atomic E-state index is 15.0. The zero-order chi connectivity index (χ0) is 105. The highest BCUT2D eigenvalue weighted by Gasteiger charge is 2.59. The number of ether oxygens (including phenoxy) is 8. The topological polar surface area (TPSA) is 599 Å². The third-order valence-corrected chi connectivity index (χ3v) is 30.4.